The maximum absolute atomic E-state index is 2.43. The topological polar surface area (TPSA) is 0 Å². The maximum atomic E-state index is 2.43. The van der Waals surface area contributed by atoms with E-state index in [0.29, 0.717) is 0 Å². The molecule has 0 saturated heterocycles. The van der Waals surface area contributed by atoms with Gasteiger partial charge in [0, 0.05) is 11.3 Å². The molecule has 0 bridgehead atoms. The van der Waals surface area contributed by atoms with Crippen LogP contribution in [0.25, 0.3) is 0 Å². The number of hydrogen-bond donors (Lipinski definition) is 0. The van der Waals surface area contributed by atoms with Crippen molar-refractivity contribution < 1.29 is 54.5 Å². The summed E-state index contributed by atoms with van der Waals surface area (Å²) in [5.41, 5.74) is 7.67. The molecule has 6 fully saturated rings. The van der Waals surface area contributed by atoms with Crippen LogP contribution < -0.4 is 17.0 Å². The van der Waals surface area contributed by atoms with Gasteiger partial charge in [-0.1, -0.05) is 92.9 Å². The second-order valence-electron chi connectivity index (χ2n) is 12.3. The molecular formula is C34H52BrFeP2Pd+3. The van der Waals surface area contributed by atoms with Crippen LogP contribution in [-0.4, -0.2) is 22.6 Å². The molecule has 0 aliphatic heterocycles. The SMILES string of the molecule is [Br-].[CH]1[CH][CH][C](P(C2CCCCC2)C2CCCCC2)[CH]1.[CH]1[CH][CH][C](P(C2CCCCC2)C2CCCCC2)[CH]1.[Fe+2].[Pd+2]. The van der Waals surface area contributed by atoms with Gasteiger partial charge in [0.1, 0.15) is 0 Å². The third kappa shape index (κ3) is 11.4. The minimum atomic E-state index is 0. The van der Waals surface area contributed by atoms with Crippen LogP contribution in [0.1, 0.15) is 128 Å². The Balaban J connectivity index is 0.000000254. The van der Waals surface area contributed by atoms with Crippen LogP contribution >= 0.6 is 15.8 Å². The van der Waals surface area contributed by atoms with Gasteiger partial charge in [0.25, 0.3) is 0 Å². The predicted octanol–water partition coefficient (Wildman–Crippen LogP) is 7.99. The van der Waals surface area contributed by atoms with Crippen LogP contribution in [0, 0.1) is 62.7 Å². The second kappa shape index (κ2) is 21.3. The summed E-state index contributed by atoms with van der Waals surface area (Å²) in [6.45, 7) is 0. The first kappa shape index (κ1) is 37.7. The molecule has 6 saturated carbocycles. The molecule has 6 rings (SSSR count). The minimum absolute atomic E-state index is 0. The van der Waals surface area contributed by atoms with Crippen molar-refractivity contribution in [3.8, 4) is 0 Å². The van der Waals surface area contributed by atoms with E-state index in [1.54, 1.807) is 11.3 Å². The smallest absolute Gasteiger partial charge is 1.00 e. The molecule has 6 aliphatic carbocycles. The van der Waals surface area contributed by atoms with Crippen LogP contribution in [0.5, 0.6) is 0 Å². The fraction of sp³-hybridized carbons (Fsp3) is 0.706. The summed E-state index contributed by atoms with van der Waals surface area (Å²) < 4.78 is 0. The van der Waals surface area contributed by atoms with Gasteiger partial charge in [-0.2, -0.15) is 0 Å². The maximum Gasteiger partial charge on any atom is 2.00 e. The van der Waals surface area contributed by atoms with Crippen molar-refractivity contribution in [2.24, 2.45) is 0 Å². The summed E-state index contributed by atoms with van der Waals surface area (Å²) in [4.78, 5) is 0. The van der Waals surface area contributed by atoms with Crippen molar-refractivity contribution in [2.45, 2.75) is 151 Å². The monoisotopic (exact) mass is 763 g/mol. The molecule has 39 heavy (non-hydrogen) atoms. The van der Waals surface area contributed by atoms with Crippen LogP contribution in [0.2, 0.25) is 0 Å². The molecule has 0 unspecified atom stereocenters. The first-order valence-electron chi connectivity index (χ1n) is 15.9. The Kier molecular flexibility index (Phi) is 20.6. The van der Waals surface area contributed by atoms with Gasteiger partial charge in [-0.3, -0.25) is 0 Å². The fourth-order valence-corrected chi connectivity index (χ4v) is 15.5. The molecule has 0 aromatic carbocycles. The number of hydrogen-bond acceptors (Lipinski definition) is 0. The van der Waals surface area contributed by atoms with Crippen LogP contribution in [0.4, 0.5) is 0 Å². The van der Waals surface area contributed by atoms with E-state index in [-0.39, 0.29) is 70.3 Å². The summed E-state index contributed by atoms with van der Waals surface area (Å²) in [5.74, 6) is 0. The molecule has 0 aromatic rings. The zero-order chi connectivity index (χ0) is 24.4. The predicted molar refractivity (Wildman–Crippen MR) is 162 cm³/mol. The van der Waals surface area contributed by atoms with E-state index in [1.165, 1.54) is 128 Å². The molecule has 0 heterocycles. The standard InChI is InChI=1S/2C17H26P.BrH.Fe.Pd/c2*1-3-9-15(10-4-1)18(17-13-7-8-14-17)16-11-5-2-6-12-16;;;/h2*7-8,13-16H,1-6,9-12H2;1H;;/q;;;2*+2/p-1. The van der Waals surface area contributed by atoms with Gasteiger partial charge in [0.15, 0.2) is 0 Å². The Morgan fingerprint density at radius 2 is 0.590 bits per heavy atom. The Bertz CT molecular complexity index is 500. The van der Waals surface area contributed by atoms with Gasteiger partial charge in [-0.25, -0.2) is 0 Å². The molecule has 220 valence electrons. The molecule has 10 radical (unpaired) electrons. The van der Waals surface area contributed by atoms with Crippen molar-refractivity contribution in [1.29, 1.82) is 0 Å². The summed E-state index contributed by atoms with van der Waals surface area (Å²) in [5, 5.41) is 0. The number of rotatable bonds is 6. The molecule has 0 atom stereocenters. The van der Waals surface area contributed by atoms with E-state index in [0.717, 1.165) is 22.6 Å². The number of halogens is 1. The zero-order valence-electron chi connectivity index (χ0n) is 24.0. The Hall–Kier alpha value is 2.52. The molecular weight excluding hydrogens is 712 g/mol. The molecule has 6 aliphatic rings. The molecule has 0 amide bonds. The quantitative estimate of drug-likeness (QED) is 0.190. The van der Waals surface area contributed by atoms with Gasteiger partial charge in [-0.15, -0.1) is 0 Å². The second-order valence-corrected chi connectivity index (χ2v) is 17.9. The van der Waals surface area contributed by atoms with E-state index in [4.69, 9.17) is 0 Å². The Morgan fingerprint density at radius 1 is 0.385 bits per heavy atom. The van der Waals surface area contributed by atoms with Gasteiger partial charge in [0.05, 0.1) is 0 Å². The average Bonchev–Trinajstić information content (AvgIpc) is 3.68. The summed E-state index contributed by atoms with van der Waals surface area (Å²) in [6, 6.07) is 0. The van der Waals surface area contributed by atoms with Crippen LogP contribution in [0.3, 0.4) is 0 Å². The Morgan fingerprint density at radius 3 is 0.795 bits per heavy atom. The third-order valence-corrected chi connectivity index (χ3v) is 16.8. The summed E-state index contributed by atoms with van der Waals surface area (Å²) >= 11 is 0. The molecule has 5 heteroatoms. The van der Waals surface area contributed by atoms with E-state index in [9.17, 15) is 0 Å². The largest absolute Gasteiger partial charge is 2.00 e. The average molecular weight is 765 g/mol. The normalized spacial score (nSPS) is 26.9. The van der Waals surface area contributed by atoms with E-state index in [2.05, 4.69) is 51.4 Å². The fourth-order valence-electron chi connectivity index (χ4n) is 7.95. The third-order valence-electron chi connectivity index (χ3n) is 9.76. The van der Waals surface area contributed by atoms with Crippen molar-refractivity contribution in [1.82, 2.24) is 0 Å². The van der Waals surface area contributed by atoms with Crippen molar-refractivity contribution in [2.75, 3.05) is 0 Å². The van der Waals surface area contributed by atoms with Crippen LogP contribution in [-0.2, 0) is 37.5 Å². The van der Waals surface area contributed by atoms with E-state index in [1.807, 2.05) is 0 Å². The first-order valence-corrected chi connectivity index (χ1v) is 18.9. The Labute approximate surface area is 282 Å². The van der Waals surface area contributed by atoms with Crippen molar-refractivity contribution in [3.63, 3.8) is 0 Å². The van der Waals surface area contributed by atoms with Gasteiger partial charge < -0.3 is 17.0 Å². The summed E-state index contributed by atoms with van der Waals surface area (Å²) in [6.07, 6.45) is 48.9. The molecule has 0 aromatic heterocycles. The van der Waals surface area contributed by atoms with Crippen molar-refractivity contribution >= 4 is 15.8 Å². The van der Waals surface area contributed by atoms with Crippen LogP contribution in [0.15, 0.2) is 0 Å². The van der Waals surface area contributed by atoms with E-state index >= 15 is 0 Å². The molecule has 0 nitrogen and oxygen atoms in total. The first-order chi connectivity index (χ1) is 17.9. The molecule has 0 spiro atoms. The summed E-state index contributed by atoms with van der Waals surface area (Å²) in [7, 11) is 0.290. The molecule has 0 N–H and O–H groups in total. The van der Waals surface area contributed by atoms with Gasteiger partial charge in [0.2, 0.25) is 0 Å². The van der Waals surface area contributed by atoms with Gasteiger partial charge >= 0.3 is 37.5 Å². The van der Waals surface area contributed by atoms with Gasteiger partial charge in [-0.05, 0) is 125 Å². The van der Waals surface area contributed by atoms with E-state index < -0.39 is 0 Å². The van der Waals surface area contributed by atoms with Crippen molar-refractivity contribution in [3.05, 3.63) is 62.7 Å². The zero-order valence-corrected chi connectivity index (χ0v) is 30.0. The minimum Gasteiger partial charge on any atom is -1.00 e.